The van der Waals surface area contributed by atoms with E-state index in [9.17, 15) is 4.79 Å². The van der Waals surface area contributed by atoms with Crippen LogP contribution in [-0.2, 0) is 4.79 Å². The van der Waals surface area contributed by atoms with E-state index >= 15 is 0 Å². The Bertz CT molecular complexity index is 218. The molecule has 1 aliphatic heterocycles. The van der Waals surface area contributed by atoms with Gasteiger partial charge >= 0.3 is 0 Å². The smallest absolute Gasteiger partial charge is 0.222 e. The van der Waals surface area contributed by atoms with E-state index in [2.05, 4.69) is 26.1 Å². The molecule has 1 amide bonds. The van der Waals surface area contributed by atoms with E-state index < -0.39 is 0 Å². The number of nitrogens with one attached hydrogen (secondary N) is 1. The van der Waals surface area contributed by atoms with E-state index in [1.54, 1.807) is 0 Å². The summed E-state index contributed by atoms with van der Waals surface area (Å²) in [5, 5.41) is 3.53. The van der Waals surface area contributed by atoms with Crippen molar-refractivity contribution in [1.82, 2.24) is 10.2 Å². The van der Waals surface area contributed by atoms with Crippen molar-refractivity contribution in [2.75, 3.05) is 19.6 Å². The van der Waals surface area contributed by atoms with Gasteiger partial charge in [-0.05, 0) is 32.2 Å². The summed E-state index contributed by atoms with van der Waals surface area (Å²) in [4.78, 5) is 13.4. The van der Waals surface area contributed by atoms with Crippen molar-refractivity contribution in [3.63, 3.8) is 0 Å². The molecule has 1 aliphatic rings. The number of carbonyl (C=O) groups excluding carboxylic acids is 1. The first kappa shape index (κ1) is 13.5. The number of likely N-dealkylation sites (tertiary alicyclic amines) is 1. The van der Waals surface area contributed by atoms with Crippen molar-refractivity contribution in [3.8, 4) is 0 Å². The summed E-state index contributed by atoms with van der Waals surface area (Å²) in [6.45, 7) is 9.68. The van der Waals surface area contributed by atoms with Gasteiger partial charge in [-0.1, -0.05) is 20.3 Å². The molecule has 1 rings (SSSR count). The van der Waals surface area contributed by atoms with Crippen molar-refractivity contribution >= 4 is 5.91 Å². The first-order valence-corrected chi connectivity index (χ1v) is 6.66. The Balaban J connectivity index is 2.05. The lowest BCUT2D eigenvalue weighted by Gasteiger charge is -2.21. The summed E-state index contributed by atoms with van der Waals surface area (Å²) in [6, 6.07) is 0.583. The van der Waals surface area contributed by atoms with E-state index in [4.69, 9.17) is 0 Å². The second kappa shape index (κ2) is 6.89. The average molecular weight is 226 g/mol. The maximum absolute atomic E-state index is 11.4. The Labute approximate surface area is 99.6 Å². The van der Waals surface area contributed by atoms with Gasteiger partial charge in [-0.3, -0.25) is 4.79 Å². The molecule has 1 heterocycles. The summed E-state index contributed by atoms with van der Waals surface area (Å²) in [7, 11) is 0. The Morgan fingerprint density at radius 2 is 2.19 bits per heavy atom. The Hall–Kier alpha value is -0.570. The van der Waals surface area contributed by atoms with Crippen molar-refractivity contribution < 1.29 is 4.79 Å². The Kier molecular flexibility index (Phi) is 5.81. The predicted molar refractivity (Wildman–Crippen MR) is 67.4 cm³/mol. The van der Waals surface area contributed by atoms with Gasteiger partial charge in [0.1, 0.15) is 0 Å². The SMILES string of the molecule is CCC(C)C(C)NCCCN1CCCC1=O. The minimum atomic E-state index is 0.343. The molecule has 2 unspecified atom stereocenters. The minimum Gasteiger partial charge on any atom is -0.343 e. The van der Waals surface area contributed by atoms with Crippen LogP contribution in [0, 0.1) is 5.92 Å². The van der Waals surface area contributed by atoms with Crippen LogP contribution in [0.15, 0.2) is 0 Å². The molecule has 0 aromatic rings. The monoisotopic (exact) mass is 226 g/mol. The van der Waals surface area contributed by atoms with Gasteiger partial charge in [0.2, 0.25) is 5.91 Å². The fourth-order valence-corrected chi connectivity index (χ4v) is 2.09. The Morgan fingerprint density at radius 1 is 1.44 bits per heavy atom. The van der Waals surface area contributed by atoms with Crippen molar-refractivity contribution in [1.29, 1.82) is 0 Å². The Morgan fingerprint density at radius 3 is 2.75 bits per heavy atom. The topological polar surface area (TPSA) is 32.3 Å². The van der Waals surface area contributed by atoms with E-state index in [-0.39, 0.29) is 0 Å². The van der Waals surface area contributed by atoms with Crippen molar-refractivity contribution in [2.45, 2.75) is 52.5 Å². The maximum atomic E-state index is 11.4. The van der Waals surface area contributed by atoms with Gasteiger partial charge in [-0.15, -0.1) is 0 Å². The van der Waals surface area contributed by atoms with Crippen LogP contribution in [0.4, 0.5) is 0 Å². The first-order chi connectivity index (χ1) is 7.65. The molecule has 0 aromatic heterocycles. The molecule has 1 saturated heterocycles. The van der Waals surface area contributed by atoms with Gasteiger partial charge in [0, 0.05) is 25.6 Å². The normalized spacial score (nSPS) is 20.2. The molecule has 0 saturated carbocycles. The highest BCUT2D eigenvalue weighted by Crippen LogP contribution is 2.10. The van der Waals surface area contributed by atoms with Gasteiger partial charge in [0.05, 0.1) is 0 Å². The van der Waals surface area contributed by atoms with Crippen LogP contribution in [0.3, 0.4) is 0 Å². The summed E-state index contributed by atoms with van der Waals surface area (Å²) < 4.78 is 0. The van der Waals surface area contributed by atoms with E-state index in [0.29, 0.717) is 11.9 Å². The molecule has 0 aliphatic carbocycles. The summed E-state index contributed by atoms with van der Waals surface area (Å²) in [6.07, 6.45) is 4.11. The van der Waals surface area contributed by atoms with Crippen LogP contribution in [0.25, 0.3) is 0 Å². The third-order valence-electron chi connectivity index (χ3n) is 3.74. The minimum absolute atomic E-state index is 0.343. The second-order valence-electron chi connectivity index (χ2n) is 4.97. The maximum Gasteiger partial charge on any atom is 0.222 e. The molecule has 3 nitrogen and oxygen atoms in total. The highest BCUT2D eigenvalue weighted by atomic mass is 16.2. The van der Waals surface area contributed by atoms with E-state index in [1.165, 1.54) is 6.42 Å². The van der Waals surface area contributed by atoms with Gasteiger partial charge in [0.25, 0.3) is 0 Å². The molecule has 16 heavy (non-hydrogen) atoms. The quantitative estimate of drug-likeness (QED) is 0.674. The lowest BCUT2D eigenvalue weighted by atomic mass is 10.0. The van der Waals surface area contributed by atoms with Crippen LogP contribution < -0.4 is 5.32 Å². The number of amides is 1. The van der Waals surface area contributed by atoms with E-state index in [0.717, 1.165) is 44.8 Å². The molecule has 94 valence electrons. The highest BCUT2D eigenvalue weighted by Gasteiger charge is 2.19. The standard InChI is InChI=1S/C13H26N2O/c1-4-11(2)12(3)14-8-6-10-15-9-5-7-13(15)16/h11-12,14H,4-10H2,1-3H3. The average Bonchev–Trinajstić information content (AvgIpc) is 2.69. The van der Waals surface area contributed by atoms with Gasteiger partial charge in [0.15, 0.2) is 0 Å². The highest BCUT2D eigenvalue weighted by molar-refractivity contribution is 5.77. The predicted octanol–water partition coefficient (Wildman–Crippen LogP) is 2.02. The fraction of sp³-hybridized carbons (Fsp3) is 0.923. The van der Waals surface area contributed by atoms with Gasteiger partial charge in [-0.2, -0.15) is 0 Å². The summed E-state index contributed by atoms with van der Waals surface area (Å²) >= 11 is 0. The third-order valence-corrected chi connectivity index (χ3v) is 3.74. The number of hydrogen-bond acceptors (Lipinski definition) is 2. The zero-order valence-corrected chi connectivity index (χ0v) is 11.0. The first-order valence-electron chi connectivity index (χ1n) is 6.66. The number of hydrogen-bond donors (Lipinski definition) is 1. The fourth-order valence-electron chi connectivity index (χ4n) is 2.09. The molecular formula is C13H26N2O. The summed E-state index contributed by atoms with van der Waals surface area (Å²) in [5.41, 5.74) is 0. The van der Waals surface area contributed by atoms with Crippen LogP contribution >= 0.6 is 0 Å². The third kappa shape index (κ3) is 4.12. The lowest BCUT2D eigenvalue weighted by Crippen LogP contribution is -2.34. The molecular weight excluding hydrogens is 200 g/mol. The summed E-state index contributed by atoms with van der Waals surface area (Å²) in [5.74, 6) is 1.07. The number of nitrogens with zero attached hydrogens (tertiary/aromatic N) is 1. The molecule has 0 radical (unpaired) electrons. The van der Waals surface area contributed by atoms with Crippen LogP contribution in [0.1, 0.15) is 46.5 Å². The second-order valence-corrected chi connectivity index (χ2v) is 4.97. The van der Waals surface area contributed by atoms with Crippen molar-refractivity contribution in [2.24, 2.45) is 5.92 Å². The molecule has 3 heteroatoms. The van der Waals surface area contributed by atoms with Crippen molar-refractivity contribution in [3.05, 3.63) is 0 Å². The van der Waals surface area contributed by atoms with Crippen LogP contribution in [0.2, 0.25) is 0 Å². The van der Waals surface area contributed by atoms with Gasteiger partial charge < -0.3 is 10.2 Å². The zero-order chi connectivity index (χ0) is 12.0. The lowest BCUT2D eigenvalue weighted by molar-refractivity contribution is -0.127. The van der Waals surface area contributed by atoms with Crippen LogP contribution in [-0.4, -0.2) is 36.5 Å². The van der Waals surface area contributed by atoms with E-state index in [1.807, 2.05) is 4.90 Å². The van der Waals surface area contributed by atoms with Gasteiger partial charge in [-0.25, -0.2) is 0 Å². The molecule has 1 fully saturated rings. The molecule has 0 aromatic carbocycles. The molecule has 2 atom stereocenters. The zero-order valence-electron chi connectivity index (χ0n) is 11.0. The van der Waals surface area contributed by atoms with Crippen LogP contribution in [0.5, 0.6) is 0 Å². The number of rotatable bonds is 7. The molecule has 0 spiro atoms. The largest absolute Gasteiger partial charge is 0.343 e. The number of carbonyl (C=O) groups is 1. The molecule has 1 N–H and O–H groups in total. The molecule has 0 bridgehead atoms.